The van der Waals surface area contributed by atoms with Gasteiger partial charge in [0.05, 0.1) is 18.7 Å². The molecule has 23 heavy (non-hydrogen) atoms. The molecule has 3 aliphatic rings. The minimum absolute atomic E-state index is 0.0184. The maximum atomic E-state index is 6.19. The first kappa shape index (κ1) is 14.7. The maximum absolute atomic E-state index is 6.19. The van der Waals surface area contributed by atoms with Gasteiger partial charge in [-0.2, -0.15) is 0 Å². The Morgan fingerprint density at radius 2 is 2.13 bits per heavy atom. The standard InChI is InChI=1S/C16H22N4O3/c1-4-9-7-10(12-11(9)22-16(2,3)23-12)20-5-6-21-13-14(17)18-8-19-15(13)20/h4,8-12H,1,5-7H2,2-3H3,(H2,17,18,19)/t9-,10+,11+,12-/m0/s1. The topological polar surface area (TPSA) is 82.7 Å². The van der Waals surface area contributed by atoms with Crippen LogP contribution in [0.1, 0.15) is 20.3 Å². The normalized spacial score (nSPS) is 34.6. The zero-order valence-corrected chi connectivity index (χ0v) is 13.4. The van der Waals surface area contributed by atoms with E-state index in [0.717, 1.165) is 18.8 Å². The van der Waals surface area contributed by atoms with E-state index in [2.05, 4.69) is 21.4 Å². The number of fused-ring (bicyclic) bond motifs is 2. The smallest absolute Gasteiger partial charge is 0.204 e. The van der Waals surface area contributed by atoms with Gasteiger partial charge in [-0.25, -0.2) is 9.97 Å². The highest BCUT2D eigenvalue weighted by Gasteiger charge is 2.55. The summed E-state index contributed by atoms with van der Waals surface area (Å²) in [6.45, 7) is 9.17. The molecular formula is C16H22N4O3. The van der Waals surface area contributed by atoms with Crippen molar-refractivity contribution in [2.45, 2.75) is 44.3 Å². The lowest BCUT2D eigenvalue weighted by atomic mass is 10.1. The van der Waals surface area contributed by atoms with Crippen molar-refractivity contribution in [3.05, 3.63) is 19.0 Å². The van der Waals surface area contributed by atoms with Crippen molar-refractivity contribution in [3.8, 4) is 5.75 Å². The second kappa shape index (κ2) is 5.07. The summed E-state index contributed by atoms with van der Waals surface area (Å²) in [5.74, 6) is 1.37. The Balaban J connectivity index is 1.69. The van der Waals surface area contributed by atoms with Gasteiger partial charge in [0.1, 0.15) is 19.0 Å². The van der Waals surface area contributed by atoms with Crippen LogP contribution in [0.25, 0.3) is 0 Å². The molecule has 7 nitrogen and oxygen atoms in total. The molecule has 1 aromatic rings. The SMILES string of the molecule is C=C[C@H]1C[C@@H](N2CCOc3c(N)ncnc32)[C@@H]2OC(C)(C)O[C@@H]21. The lowest BCUT2D eigenvalue weighted by Crippen LogP contribution is -2.47. The largest absolute Gasteiger partial charge is 0.485 e. The Labute approximate surface area is 135 Å². The van der Waals surface area contributed by atoms with Crippen molar-refractivity contribution in [1.82, 2.24) is 9.97 Å². The van der Waals surface area contributed by atoms with Gasteiger partial charge in [-0.05, 0) is 20.3 Å². The summed E-state index contributed by atoms with van der Waals surface area (Å²) < 4.78 is 18.0. The third-order valence-corrected chi connectivity index (χ3v) is 4.84. The molecule has 3 heterocycles. The van der Waals surface area contributed by atoms with Crippen LogP contribution in [-0.2, 0) is 9.47 Å². The van der Waals surface area contributed by atoms with Crippen LogP contribution in [0.15, 0.2) is 19.0 Å². The molecule has 1 aliphatic carbocycles. The summed E-state index contributed by atoms with van der Waals surface area (Å²) >= 11 is 0. The van der Waals surface area contributed by atoms with E-state index in [4.69, 9.17) is 19.9 Å². The van der Waals surface area contributed by atoms with Crippen LogP contribution in [0.2, 0.25) is 0 Å². The Morgan fingerprint density at radius 3 is 2.91 bits per heavy atom. The van der Waals surface area contributed by atoms with Crippen molar-refractivity contribution < 1.29 is 14.2 Å². The highest BCUT2D eigenvalue weighted by Crippen LogP contribution is 2.46. The molecule has 4 rings (SSSR count). The zero-order chi connectivity index (χ0) is 16.2. The summed E-state index contributed by atoms with van der Waals surface area (Å²) in [4.78, 5) is 10.6. The number of hydrogen-bond donors (Lipinski definition) is 1. The van der Waals surface area contributed by atoms with Gasteiger partial charge < -0.3 is 24.8 Å². The number of anilines is 2. The summed E-state index contributed by atoms with van der Waals surface area (Å²) in [5.41, 5.74) is 5.93. The van der Waals surface area contributed by atoms with Crippen LogP contribution < -0.4 is 15.4 Å². The van der Waals surface area contributed by atoms with Gasteiger partial charge in [-0.15, -0.1) is 6.58 Å². The first-order chi connectivity index (χ1) is 11.0. The Morgan fingerprint density at radius 1 is 1.35 bits per heavy atom. The molecule has 0 unspecified atom stereocenters. The number of aromatic nitrogens is 2. The monoisotopic (exact) mass is 318 g/mol. The van der Waals surface area contributed by atoms with Crippen molar-refractivity contribution >= 4 is 11.6 Å². The van der Waals surface area contributed by atoms with Crippen LogP contribution in [0.3, 0.4) is 0 Å². The van der Waals surface area contributed by atoms with E-state index in [9.17, 15) is 0 Å². The molecular weight excluding hydrogens is 296 g/mol. The second-order valence-corrected chi connectivity index (χ2v) is 6.72. The van der Waals surface area contributed by atoms with Gasteiger partial charge in [-0.1, -0.05) is 6.08 Å². The van der Waals surface area contributed by atoms with E-state index in [-0.39, 0.29) is 24.2 Å². The van der Waals surface area contributed by atoms with Gasteiger partial charge in [0.15, 0.2) is 17.4 Å². The average Bonchev–Trinajstić information content (AvgIpc) is 3.00. The third-order valence-electron chi connectivity index (χ3n) is 4.84. The van der Waals surface area contributed by atoms with Crippen LogP contribution in [0.5, 0.6) is 5.75 Å². The average molecular weight is 318 g/mol. The molecule has 0 aromatic carbocycles. The zero-order valence-electron chi connectivity index (χ0n) is 13.4. The Bertz CT molecular complexity index is 636. The lowest BCUT2D eigenvalue weighted by Gasteiger charge is -2.37. The molecule has 4 atom stereocenters. The van der Waals surface area contributed by atoms with Crippen LogP contribution in [0.4, 0.5) is 11.6 Å². The minimum atomic E-state index is -0.574. The van der Waals surface area contributed by atoms with Crippen LogP contribution in [-0.4, -0.2) is 47.2 Å². The third kappa shape index (κ3) is 2.26. The Hall–Kier alpha value is -1.86. The molecule has 2 N–H and O–H groups in total. The fourth-order valence-corrected chi connectivity index (χ4v) is 3.92. The van der Waals surface area contributed by atoms with Crippen molar-refractivity contribution in [2.24, 2.45) is 5.92 Å². The summed E-state index contributed by atoms with van der Waals surface area (Å²) in [5, 5.41) is 0. The summed E-state index contributed by atoms with van der Waals surface area (Å²) in [6.07, 6.45) is 4.37. The predicted octanol–water partition coefficient (Wildman–Crippen LogP) is 1.35. The minimum Gasteiger partial charge on any atom is -0.485 e. The molecule has 124 valence electrons. The highest BCUT2D eigenvalue weighted by atomic mass is 16.8. The molecule has 0 radical (unpaired) electrons. The molecule has 1 aromatic heterocycles. The molecule has 2 aliphatic heterocycles. The summed E-state index contributed by atoms with van der Waals surface area (Å²) in [6, 6.07) is 0.154. The number of nitrogens with zero attached hydrogens (tertiary/aromatic N) is 3. The lowest BCUT2D eigenvalue weighted by molar-refractivity contribution is -0.156. The Kier molecular flexibility index (Phi) is 3.24. The second-order valence-electron chi connectivity index (χ2n) is 6.72. The van der Waals surface area contributed by atoms with Gasteiger partial charge >= 0.3 is 0 Å². The molecule has 1 saturated carbocycles. The number of nitrogen functional groups attached to an aromatic ring is 1. The number of ether oxygens (including phenoxy) is 3. The van der Waals surface area contributed by atoms with E-state index < -0.39 is 5.79 Å². The number of hydrogen-bond acceptors (Lipinski definition) is 7. The fraction of sp³-hybridized carbons (Fsp3) is 0.625. The maximum Gasteiger partial charge on any atom is 0.204 e. The molecule has 2 fully saturated rings. The van der Waals surface area contributed by atoms with Crippen LogP contribution >= 0.6 is 0 Å². The van der Waals surface area contributed by atoms with Gasteiger partial charge in [0, 0.05) is 5.92 Å². The van der Waals surface area contributed by atoms with E-state index in [1.807, 2.05) is 19.9 Å². The van der Waals surface area contributed by atoms with Gasteiger partial charge in [0.2, 0.25) is 5.75 Å². The summed E-state index contributed by atoms with van der Waals surface area (Å²) in [7, 11) is 0. The first-order valence-electron chi connectivity index (χ1n) is 7.98. The molecule has 7 heteroatoms. The van der Waals surface area contributed by atoms with E-state index >= 15 is 0 Å². The van der Waals surface area contributed by atoms with E-state index in [1.165, 1.54) is 6.33 Å². The number of rotatable bonds is 2. The predicted molar refractivity (Wildman–Crippen MR) is 85.2 cm³/mol. The molecule has 0 spiro atoms. The fourth-order valence-electron chi connectivity index (χ4n) is 3.92. The van der Waals surface area contributed by atoms with E-state index in [0.29, 0.717) is 18.2 Å². The van der Waals surface area contributed by atoms with Gasteiger partial charge in [-0.3, -0.25) is 0 Å². The molecule has 0 bridgehead atoms. The van der Waals surface area contributed by atoms with E-state index in [1.54, 1.807) is 0 Å². The van der Waals surface area contributed by atoms with Crippen molar-refractivity contribution in [3.63, 3.8) is 0 Å². The first-order valence-corrected chi connectivity index (χ1v) is 7.98. The van der Waals surface area contributed by atoms with Crippen molar-refractivity contribution in [2.75, 3.05) is 23.8 Å². The molecule has 0 amide bonds. The quantitative estimate of drug-likeness (QED) is 0.824. The highest BCUT2D eigenvalue weighted by molar-refractivity contribution is 5.64. The number of nitrogens with two attached hydrogens (primary N) is 1. The van der Waals surface area contributed by atoms with Crippen molar-refractivity contribution in [1.29, 1.82) is 0 Å². The van der Waals surface area contributed by atoms with Crippen LogP contribution in [0, 0.1) is 5.92 Å². The van der Waals surface area contributed by atoms with Gasteiger partial charge in [0.25, 0.3) is 0 Å². The molecule has 1 saturated heterocycles.